The fourth-order valence-corrected chi connectivity index (χ4v) is 3.83. The molecule has 0 atom stereocenters. The van der Waals surface area contributed by atoms with Gasteiger partial charge < -0.3 is 15.0 Å². The van der Waals surface area contributed by atoms with E-state index in [9.17, 15) is 0 Å². The Bertz CT molecular complexity index is 537. The van der Waals surface area contributed by atoms with E-state index in [1.54, 1.807) is 13.3 Å². The Hall–Kier alpha value is -1.78. The van der Waals surface area contributed by atoms with Crippen molar-refractivity contribution in [2.75, 3.05) is 27.2 Å². The molecule has 1 aromatic rings. The molecule has 2 fully saturated rings. The molecule has 120 valence electrons. The van der Waals surface area contributed by atoms with Crippen molar-refractivity contribution >= 4 is 5.96 Å². The number of hydrogen-bond donors (Lipinski definition) is 1. The number of ether oxygens (including phenoxy) is 1. The van der Waals surface area contributed by atoms with Gasteiger partial charge in [-0.05, 0) is 36.3 Å². The Kier molecular flexibility index (Phi) is 4.50. The first-order valence-electron chi connectivity index (χ1n) is 8.19. The molecule has 3 rings (SSSR count). The molecule has 0 radical (unpaired) electrons. The van der Waals surface area contributed by atoms with E-state index in [1.807, 2.05) is 19.2 Å². The quantitative estimate of drug-likeness (QED) is 0.688. The standard InChI is InChI=1S/C17H26N4O/c1-18-16(20-12-14-5-9-19-15(11-14)22-2)21-10-8-17(13-21)6-3-4-7-17/h5,9,11H,3-4,6-8,10,12-13H2,1-2H3,(H,18,20). The number of methoxy groups -OCH3 is 1. The zero-order chi connectivity index (χ0) is 15.4. The van der Waals surface area contributed by atoms with Crippen LogP contribution >= 0.6 is 0 Å². The van der Waals surface area contributed by atoms with Crippen LogP contribution in [0.3, 0.4) is 0 Å². The van der Waals surface area contributed by atoms with Gasteiger partial charge in [0.15, 0.2) is 5.96 Å². The van der Waals surface area contributed by atoms with Crippen molar-refractivity contribution < 1.29 is 4.74 Å². The summed E-state index contributed by atoms with van der Waals surface area (Å²) < 4.78 is 5.17. The van der Waals surface area contributed by atoms with Crippen LogP contribution in [0.1, 0.15) is 37.7 Å². The number of nitrogens with one attached hydrogen (secondary N) is 1. The number of hydrogen-bond acceptors (Lipinski definition) is 3. The van der Waals surface area contributed by atoms with Crippen LogP contribution in [0.15, 0.2) is 23.3 Å². The van der Waals surface area contributed by atoms with Crippen molar-refractivity contribution in [1.82, 2.24) is 15.2 Å². The maximum Gasteiger partial charge on any atom is 0.213 e. The van der Waals surface area contributed by atoms with Gasteiger partial charge in [0.05, 0.1) is 7.11 Å². The molecule has 0 amide bonds. The SMILES string of the molecule is CN=C(NCc1ccnc(OC)c1)N1CCC2(CCCC2)C1. The van der Waals surface area contributed by atoms with Crippen LogP contribution in [-0.4, -0.2) is 43.1 Å². The number of pyridine rings is 1. The van der Waals surface area contributed by atoms with Crippen molar-refractivity contribution in [2.24, 2.45) is 10.4 Å². The third-order valence-electron chi connectivity index (χ3n) is 5.07. The third kappa shape index (κ3) is 3.18. The number of aromatic nitrogens is 1. The number of aliphatic imine (C=N–C) groups is 1. The average Bonchev–Trinajstić information content (AvgIpc) is 3.19. The molecule has 1 spiro atoms. The highest BCUT2D eigenvalue weighted by Gasteiger charge is 2.40. The lowest BCUT2D eigenvalue weighted by Crippen LogP contribution is -2.40. The number of guanidine groups is 1. The normalized spacial score (nSPS) is 20.6. The predicted octanol–water partition coefficient (Wildman–Crippen LogP) is 2.43. The van der Waals surface area contributed by atoms with Crippen LogP contribution in [0.5, 0.6) is 5.88 Å². The Morgan fingerprint density at radius 3 is 2.95 bits per heavy atom. The van der Waals surface area contributed by atoms with Crippen LogP contribution in [-0.2, 0) is 6.54 Å². The molecule has 22 heavy (non-hydrogen) atoms. The van der Waals surface area contributed by atoms with Crippen LogP contribution in [0, 0.1) is 5.41 Å². The minimum atomic E-state index is 0.567. The monoisotopic (exact) mass is 302 g/mol. The zero-order valence-electron chi connectivity index (χ0n) is 13.6. The van der Waals surface area contributed by atoms with Crippen LogP contribution in [0.25, 0.3) is 0 Å². The first kappa shape index (κ1) is 15.1. The van der Waals surface area contributed by atoms with Crippen molar-refractivity contribution in [3.8, 4) is 5.88 Å². The summed E-state index contributed by atoms with van der Waals surface area (Å²) in [5.41, 5.74) is 1.72. The van der Waals surface area contributed by atoms with Gasteiger partial charge in [-0.1, -0.05) is 12.8 Å². The molecule has 5 heteroatoms. The summed E-state index contributed by atoms with van der Waals surface area (Å²) in [4.78, 5) is 11.0. The first-order valence-corrected chi connectivity index (χ1v) is 8.19. The van der Waals surface area contributed by atoms with E-state index < -0.39 is 0 Å². The maximum atomic E-state index is 5.17. The van der Waals surface area contributed by atoms with Gasteiger partial charge in [-0.15, -0.1) is 0 Å². The number of likely N-dealkylation sites (tertiary alicyclic amines) is 1. The average molecular weight is 302 g/mol. The van der Waals surface area contributed by atoms with Crippen LogP contribution in [0.4, 0.5) is 0 Å². The van der Waals surface area contributed by atoms with E-state index in [0.29, 0.717) is 11.3 Å². The van der Waals surface area contributed by atoms with E-state index in [4.69, 9.17) is 4.74 Å². The highest BCUT2D eigenvalue weighted by molar-refractivity contribution is 5.80. The molecule has 5 nitrogen and oxygen atoms in total. The van der Waals surface area contributed by atoms with Crippen molar-refractivity contribution in [3.05, 3.63) is 23.9 Å². The second-order valence-electron chi connectivity index (χ2n) is 6.49. The number of nitrogens with zero attached hydrogens (tertiary/aromatic N) is 3. The topological polar surface area (TPSA) is 49.8 Å². The molecule has 0 bridgehead atoms. The lowest BCUT2D eigenvalue weighted by atomic mass is 9.86. The van der Waals surface area contributed by atoms with Crippen molar-refractivity contribution in [2.45, 2.75) is 38.6 Å². The molecule has 1 aliphatic carbocycles. The zero-order valence-corrected chi connectivity index (χ0v) is 13.6. The lowest BCUT2D eigenvalue weighted by Gasteiger charge is -2.26. The van der Waals surface area contributed by atoms with Gasteiger partial charge in [-0.25, -0.2) is 4.98 Å². The minimum absolute atomic E-state index is 0.567. The molecule has 2 aliphatic rings. The summed E-state index contributed by atoms with van der Waals surface area (Å²) in [6.07, 6.45) is 8.68. The van der Waals surface area contributed by atoms with E-state index >= 15 is 0 Å². The maximum absolute atomic E-state index is 5.17. The van der Waals surface area contributed by atoms with Gasteiger partial charge in [-0.2, -0.15) is 0 Å². The summed E-state index contributed by atoms with van der Waals surface area (Å²) in [7, 11) is 3.51. The van der Waals surface area contributed by atoms with Gasteiger partial charge in [0, 0.05) is 38.9 Å². The fraction of sp³-hybridized carbons (Fsp3) is 0.647. The lowest BCUT2D eigenvalue weighted by molar-refractivity contribution is 0.309. The molecule has 1 saturated carbocycles. The summed E-state index contributed by atoms with van der Waals surface area (Å²) in [5, 5.41) is 3.48. The van der Waals surface area contributed by atoms with E-state index in [1.165, 1.54) is 32.1 Å². The molecule has 1 saturated heterocycles. The van der Waals surface area contributed by atoms with Gasteiger partial charge >= 0.3 is 0 Å². The molecule has 0 aromatic carbocycles. The summed E-state index contributed by atoms with van der Waals surface area (Å²) in [5.74, 6) is 1.67. The molecular weight excluding hydrogens is 276 g/mol. The highest BCUT2D eigenvalue weighted by Crippen LogP contribution is 2.45. The van der Waals surface area contributed by atoms with Gasteiger partial charge in [0.2, 0.25) is 5.88 Å². The van der Waals surface area contributed by atoms with Gasteiger partial charge in [0.25, 0.3) is 0 Å². The van der Waals surface area contributed by atoms with Crippen LogP contribution in [0.2, 0.25) is 0 Å². The first-order chi connectivity index (χ1) is 10.7. The largest absolute Gasteiger partial charge is 0.481 e. The number of rotatable bonds is 3. The van der Waals surface area contributed by atoms with E-state index in [0.717, 1.165) is 31.2 Å². The van der Waals surface area contributed by atoms with Crippen molar-refractivity contribution in [3.63, 3.8) is 0 Å². The molecule has 1 aromatic heterocycles. The second-order valence-corrected chi connectivity index (χ2v) is 6.49. The molecule has 1 aliphatic heterocycles. The van der Waals surface area contributed by atoms with E-state index in [-0.39, 0.29) is 0 Å². The molecule has 2 heterocycles. The van der Waals surface area contributed by atoms with E-state index in [2.05, 4.69) is 20.2 Å². The highest BCUT2D eigenvalue weighted by atomic mass is 16.5. The second kappa shape index (κ2) is 6.55. The Morgan fingerprint density at radius 1 is 1.41 bits per heavy atom. The Balaban J connectivity index is 1.58. The summed E-state index contributed by atoms with van der Waals surface area (Å²) >= 11 is 0. The summed E-state index contributed by atoms with van der Waals surface area (Å²) in [6.45, 7) is 3.03. The predicted molar refractivity (Wildman–Crippen MR) is 88.1 cm³/mol. The third-order valence-corrected chi connectivity index (χ3v) is 5.07. The molecule has 1 N–H and O–H groups in total. The van der Waals surface area contributed by atoms with Gasteiger partial charge in [0.1, 0.15) is 0 Å². The Morgan fingerprint density at radius 2 is 2.23 bits per heavy atom. The molecular formula is C17H26N4O. The Labute approximate surface area is 132 Å². The van der Waals surface area contributed by atoms with Crippen molar-refractivity contribution in [1.29, 1.82) is 0 Å². The summed E-state index contributed by atoms with van der Waals surface area (Å²) in [6, 6.07) is 3.97. The van der Waals surface area contributed by atoms with Gasteiger partial charge in [-0.3, -0.25) is 4.99 Å². The van der Waals surface area contributed by atoms with Crippen LogP contribution < -0.4 is 10.1 Å². The fourth-order valence-electron chi connectivity index (χ4n) is 3.83. The molecule has 0 unspecified atom stereocenters. The smallest absolute Gasteiger partial charge is 0.213 e. The minimum Gasteiger partial charge on any atom is -0.481 e.